The van der Waals surface area contributed by atoms with Crippen molar-refractivity contribution in [3.05, 3.63) is 0 Å². The molecule has 0 amide bonds. The molecule has 94 valence electrons. The Morgan fingerprint density at radius 2 is 2.00 bits per heavy atom. The Hall–Kier alpha value is -0.0800. The summed E-state index contributed by atoms with van der Waals surface area (Å²) in [5, 5.41) is 0. The van der Waals surface area contributed by atoms with E-state index in [1.807, 2.05) is 0 Å². The summed E-state index contributed by atoms with van der Waals surface area (Å²) in [6, 6.07) is 0.798. The average molecular weight is 225 g/mol. The Bertz CT molecular complexity index is 240. The van der Waals surface area contributed by atoms with Crippen molar-refractivity contribution in [2.75, 3.05) is 19.7 Å². The molecular formula is C14H27NO. The van der Waals surface area contributed by atoms with Crippen molar-refractivity contribution in [3.8, 4) is 0 Å². The van der Waals surface area contributed by atoms with Gasteiger partial charge in [-0.05, 0) is 59.9 Å². The van der Waals surface area contributed by atoms with Gasteiger partial charge in [0.25, 0.3) is 0 Å². The van der Waals surface area contributed by atoms with Crippen LogP contribution in [-0.4, -0.2) is 36.2 Å². The Labute approximate surface area is 100 Å². The van der Waals surface area contributed by atoms with E-state index in [2.05, 4.69) is 32.6 Å². The first-order chi connectivity index (χ1) is 7.40. The van der Waals surface area contributed by atoms with E-state index in [0.717, 1.165) is 12.6 Å². The van der Waals surface area contributed by atoms with Crippen LogP contribution in [0.1, 0.15) is 53.4 Å². The molecule has 0 aromatic carbocycles. The maximum Gasteiger partial charge on any atom is 0.0598 e. The van der Waals surface area contributed by atoms with Crippen molar-refractivity contribution in [1.29, 1.82) is 0 Å². The first kappa shape index (κ1) is 12.4. The molecule has 1 heterocycles. The summed E-state index contributed by atoms with van der Waals surface area (Å²) in [6.07, 6.45) is 5.51. The van der Waals surface area contributed by atoms with Gasteiger partial charge in [-0.15, -0.1) is 0 Å². The molecule has 1 saturated heterocycles. The van der Waals surface area contributed by atoms with Crippen LogP contribution in [0, 0.1) is 5.41 Å². The van der Waals surface area contributed by atoms with E-state index in [-0.39, 0.29) is 5.60 Å². The summed E-state index contributed by atoms with van der Waals surface area (Å²) in [5.74, 6) is 0. The third-order valence-electron chi connectivity index (χ3n) is 4.00. The van der Waals surface area contributed by atoms with Crippen LogP contribution < -0.4 is 0 Å². The lowest BCUT2D eigenvalue weighted by Crippen LogP contribution is -2.36. The van der Waals surface area contributed by atoms with Gasteiger partial charge in [0.05, 0.1) is 12.2 Å². The summed E-state index contributed by atoms with van der Waals surface area (Å²) in [4.78, 5) is 2.67. The molecule has 1 saturated carbocycles. The van der Waals surface area contributed by atoms with Gasteiger partial charge in [0.1, 0.15) is 0 Å². The number of likely N-dealkylation sites (tertiary alicyclic amines) is 1. The minimum Gasteiger partial charge on any atom is -0.375 e. The molecule has 0 spiro atoms. The topological polar surface area (TPSA) is 12.5 Å². The van der Waals surface area contributed by atoms with E-state index in [9.17, 15) is 0 Å². The van der Waals surface area contributed by atoms with Gasteiger partial charge in [-0.3, -0.25) is 0 Å². The van der Waals surface area contributed by atoms with Crippen molar-refractivity contribution in [1.82, 2.24) is 4.90 Å². The van der Waals surface area contributed by atoms with Crippen LogP contribution in [0.15, 0.2) is 0 Å². The van der Waals surface area contributed by atoms with Crippen LogP contribution in [0.25, 0.3) is 0 Å². The molecule has 0 radical (unpaired) electrons. The number of rotatable bonds is 4. The lowest BCUT2D eigenvalue weighted by atomic mass is 10.1. The monoisotopic (exact) mass is 225 g/mol. The highest BCUT2D eigenvalue weighted by atomic mass is 16.5. The van der Waals surface area contributed by atoms with Crippen molar-refractivity contribution in [3.63, 3.8) is 0 Å². The van der Waals surface area contributed by atoms with Crippen molar-refractivity contribution < 1.29 is 4.74 Å². The van der Waals surface area contributed by atoms with E-state index in [1.54, 1.807) is 0 Å². The van der Waals surface area contributed by atoms with Gasteiger partial charge in [-0.1, -0.05) is 0 Å². The zero-order valence-electron chi connectivity index (χ0n) is 11.4. The van der Waals surface area contributed by atoms with Crippen LogP contribution in [0.2, 0.25) is 0 Å². The van der Waals surface area contributed by atoms with Gasteiger partial charge in [-0.2, -0.15) is 0 Å². The fourth-order valence-electron chi connectivity index (χ4n) is 2.55. The number of nitrogens with zero attached hydrogens (tertiary/aromatic N) is 1. The van der Waals surface area contributed by atoms with E-state index in [0.29, 0.717) is 5.41 Å². The highest BCUT2D eigenvalue weighted by Gasteiger charge is 2.45. The first-order valence-corrected chi connectivity index (χ1v) is 6.78. The van der Waals surface area contributed by atoms with Crippen LogP contribution in [-0.2, 0) is 4.74 Å². The summed E-state index contributed by atoms with van der Waals surface area (Å²) in [7, 11) is 0. The molecule has 2 rings (SSSR count). The average Bonchev–Trinajstić information content (AvgIpc) is 2.83. The van der Waals surface area contributed by atoms with Gasteiger partial charge in [-0.25, -0.2) is 0 Å². The summed E-state index contributed by atoms with van der Waals surface area (Å²) in [5.41, 5.74) is 0.526. The molecule has 0 N–H and O–H groups in total. The SMILES string of the molecule is C[C@@H]1CCCN1CC1(COC(C)(C)C)CC1. The molecule has 1 atom stereocenters. The molecule has 2 aliphatic rings. The molecule has 0 aromatic heterocycles. The summed E-state index contributed by atoms with van der Waals surface area (Å²) >= 11 is 0. The van der Waals surface area contributed by atoms with Crippen molar-refractivity contribution in [2.24, 2.45) is 5.41 Å². The molecule has 0 bridgehead atoms. The standard InChI is InChI=1S/C14H27NO/c1-12-6-5-9-15(12)10-14(7-8-14)11-16-13(2,3)4/h12H,5-11H2,1-4H3/t12-/m1/s1. The third kappa shape index (κ3) is 3.21. The molecule has 0 unspecified atom stereocenters. The Morgan fingerprint density at radius 3 is 2.44 bits per heavy atom. The minimum atomic E-state index is 0.0201. The fourth-order valence-corrected chi connectivity index (χ4v) is 2.55. The van der Waals surface area contributed by atoms with Gasteiger partial charge in [0.15, 0.2) is 0 Å². The fraction of sp³-hybridized carbons (Fsp3) is 1.00. The summed E-state index contributed by atoms with van der Waals surface area (Å²) < 4.78 is 5.98. The molecule has 0 aromatic rings. The molecule has 2 nitrogen and oxygen atoms in total. The molecule has 2 heteroatoms. The Balaban J connectivity index is 1.80. The van der Waals surface area contributed by atoms with E-state index in [4.69, 9.17) is 4.74 Å². The van der Waals surface area contributed by atoms with Crippen LogP contribution in [0.5, 0.6) is 0 Å². The van der Waals surface area contributed by atoms with Crippen LogP contribution in [0.3, 0.4) is 0 Å². The first-order valence-electron chi connectivity index (χ1n) is 6.78. The highest BCUT2D eigenvalue weighted by Crippen LogP contribution is 2.48. The van der Waals surface area contributed by atoms with E-state index in [1.165, 1.54) is 38.8 Å². The van der Waals surface area contributed by atoms with Gasteiger partial charge < -0.3 is 9.64 Å². The Kier molecular flexibility index (Phi) is 3.33. The smallest absolute Gasteiger partial charge is 0.0598 e. The minimum absolute atomic E-state index is 0.0201. The quantitative estimate of drug-likeness (QED) is 0.729. The van der Waals surface area contributed by atoms with Crippen LogP contribution >= 0.6 is 0 Å². The lowest BCUT2D eigenvalue weighted by molar-refractivity contribution is -0.0343. The Morgan fingerprint density at radius 1 is 1.31 bits per heavy atom. The van der Waals surface area contributed by atoms with Crippen LogP contribution in [0.4, 0.5) is 0 Å². The van der Waals surface area contributed by atoms with E-state index >= 15 is 0 Å². The maximum absolute atomic E-state index is 5.98. The van der Waals surface area contributed by atoms with E-state index < -0.39 is 0 Å². The third-order valence-corrected chi connectivity index (χ3v) is 4.00. The molecule has 2 fully saturated rings. The molecular weight excluding hydrogens is 198 g/mol. The van der Waals surface area contributed by atoms with Gasteiger partial charge >= 0.3 is 0 Å². The zero-order chi connectivity index (χ0) is 11.8. The predicted molar refractivity (Wildman–Crippen MR) is 67.6 cm³/mol. The van der Waals surface area contributed by atoms with Gasteiger partial charge in [0, 0.05) is 18.0 Å². The zero-order valence-corrected chi connectivity index (χ0v) is 11.4. The number of ether oxygens (including phenoxy) is 1. The largest absolute Gasteiger partial charge is 0.375 e. The van der Waals surface area contributed by atoms with Gasteiger partial charge in [0.2, 0.25) is 0 Å². The molecule has 16 heavy (non-hydrogen) atoms. The normalized spacial score (nSPS) is 29.6. The van der Waals surface area contributed by atoms with Crippen molar-refractivity contribution in [2.45, 2.75) is 65.0 Å². The lowest BCUT2D eigenvalue weighted by Gasteiger charge is -2.29. The predicted octanol–water partition coefficient (Wildman–Crippen LogP) is 3.07. The second kappa shape index (κ2) is 4.30. The second-order valence-electron chi connectivity index (χ2n) is 6.86. The maximum atomic E-state index is 5.98. The number of hydrogen-bond donors (Lipinski definition) is 0. The molecule has 1 aliphatic carbocycles. The number of hydrogen-bond acceptors (Lipinski definition) is 2. The van der Waals surface area contributed by atoms with Crippen molar-refractivity contribution >= 4 is 0 Å². The molecule has 1 aliphatic heterocycles. The highest BCUT2D eigenvalue weighted by molar-refractivity contribution is 4.97. The second-order valence-corrected chi connectivity index (χ2v) is 6.86. The summed E-state index contributed by atoms with van der Waals surface area (Å²) in [6.45, 7) is 12.4.